The lowest BCUT2D eigenvalue weighted by molar-refractivity contribution is 0.414. The van der Waals surface area contributed by atoms with E-state index in [1.165, 1.54) is 5.56 Å². The SMILES string of the molecule is COc1cccc(Cn2ccc3ccc(C#N)cc32)c1. The third-order valence-electron chi connectivity index (χ3n) is 3.39. The van der Waals surface area contributed by atoms with Gasteiger partial charge in [0.1, 0.15) is 5.75 Å². The van der Waals surface area contributed by atoms with Gasteiger partial charge in [0, 0.05) is 18.3 Å². The molecule has 3 nitrogen and oxygen atoms in total. The number of fused-ring (bicyclic) bond motifs is 1. The Labute approximate surface area is 117 Å². The van der Waals surface area contributed by atoms with Crippen molar-refractivity contribution < 1.29 is 4.74 Å². The van der Waals surface area contributed by atoms with Crippen molar-refractivity contribution in [2.24, 2.45) is 0 Å². The molecule has 1 aromatic heterocycles. The van der Waals surface area contributed by atoms with Crippen LogP contribution in [0.1, 0.15) is 11.1 Å². The van der Waals surface area contributed by atoms with Crippen LogP contribution in [0.15, 0.2) is 54.7 Å². The highest BCUT2D eigenvalue weighted by Crippen LogP contribution is 2.20. The molecule has 0 aliphatic heterocycles. The maximum atomic E-state index is 9.01. The lowest BCUT2D eigenvalue weighted by Crippen LogP contribution is -1.98. The highest BCUT2D eigenvalue weighted by molar-refractivity contribution is 5.81. The summed E-state index contributed by atoms with van der Waals surface area (Å²) in [6.45, 7) is 0.760. The largest absolute Gasteiger partial charge is 0.497 e. The molecule has 0 amide bonds. The zero-order chi connectivity index (χ0) is 13.9. The normalized spacial score (nSPS) is 10.4. The summed E-state index contributed by atoms with van der Waals surface area (Å²) in [6, 6.07) is 18.0. The number of methoxy groups -OCH3 is 1. The first-order valence-corrected chi connectivity index (χ1v) is 6.42. The summed E-state index contributed by atoms with van der Waals surface area (Å²) >= 11 is 0. The van der Waals surface area contributed by atoms with Gasteiger partial charge in [-0.2, -0.15) is 5.26 Å². The Morgan fingerprint density at radius 1 is 1.15 bits per heavy atom. The summed E-state index contributed by atoms with van der Waals surface area (Å²) in [5, 5.41) is 10.2. The quantitative estimate of drug-likeness (QED) is 0.723. The van der Waals surface area contributed by atoms with Crippen LogP contribution in [0.25, 0.3) is 10.9 Å². The van der Waals surface area contributed by atoms with E-state index in [4.69, 9.17) is 10.00 Å². The first-order valence-electron chi connectivity index (χ1n) is 6.42. The fraction of sp³-hybridized carbons (Fsp3) is 0.118. The third-order valence-corrected chi connectivity index (χ3v) is 3.39. The van der Waals surface area contributed by atoms with Crippen LogP contribution in [0.2, 0.25) is 0 Å². The van der Waals surface area contributed by atoms with Crippen molar-refractivity contribution in [1.29, 1.82) is 5.26 Å². The molecule has 0 atom stereocenters. The Balaban J connectivity index is 2.00. The Hall–Kier alpha value is -2.73. The van der Waals surface area contributed by atoms with E-state index >= 15 is 0 Å². The number of rotatable bonds is 3. The topological polar surface area (TPSA) is 38.0 Å². The van der Waals surface area contributed by atoms with Crippen molar-refractivity contribution in [3.05, 3.63) is 65.9 Å². The molecule has 0 unspecified atom stereocenters. The summed E-state index contributed by atoms with van der Waals surface area (Å²) in [4.78, 5) is 0. The van der Waals surface area contributed by atoms with Crippen molar-refractivity contribution in [3.63, 3.8) is 0 Å². The van der Waals surface area contributed by atoms with E-state index in [9.17, 15) is 0 Å². The third kappa shape index (κ3) is 2.24. The molecule has 0 saturated heterocycles. The van der Waals surface area contributed by atoms with Crippen LogP contribution in [0, 0.1) is 11.3 Å². The average molecular weight is 262 g/mol. The molecule has 0 radical (unpaired) electrons. The van der Waals surface area contributed by atoms with E-state index in [2.05, 4.69) is 22.8 Å². The predicted molar refractivity (Wildman–Crippen MR) is 78.7 cm³/mol. The molecule has 0 fully saturated rings. The van der Waals surface area contributed by atoms with Gasteiger partial charge in [0.25, 0.3) is 0 Å². The van der Waals surface area contributed by atoms with Crippen LogP contribution in [-0.2, 0) is 6.54 Å². The van der Waals surface area contributed by atoms with Gasteiger partial charge in [0.15, 0.2) is 0 Å². The first-order chi connectivity index (χ1) is 9.80. The van der Waals surface area contributed by atoms with Crippen molar-refractivity contribution in [2.45, 2.75) is 6.54 Å². The van der Waals surface area contributed by atoms with Gasteiger partial charge >= 0.3 is 0 Å². The highest BCUT2D eigenvalue weighted by atomic mass is 16.5. The van der Waals surface area contributed by atoms with Gasteiger partial charge in [-0.15, -0.1) is 0 Å². The molecular weight excluding hydrogens is 248 g/mol. The number of ether oxygens (including phenoxy) is 1. The molecule has 2 aromatic carbocycles. The molecule has 98 valence electrons. The summed E-state index contributed by atoms with van der Waals surface area (Å²) in [5.74, 6) is 0.858. The molecule has 3 heteroatoms. The van der Waals surface area contributed by atoms with Gasteiger partial charge < -0.3 is 9.30 Å². The van der Waals surface area contributed by atoms with Crippen molar-refractivity contribution in [1.82, 2.24) is 4.57 Å². The van der Waals surface area contributed by atoms with Crippen molar-refractivity contribution >= 4 is 10.9 Å². The summed E-state index contributed by atoms with van der Waals surface area (Å²) < 4.78 is 7.39. The molecule has 0 aliphatic carbocycles. The molecule has 0 aliphatic rings. The second-order valence-corrected chi connectivity index (χ2v) is 4.68. The lowest BCUT2D eigenvalue weighted by atomic mass is 10.2. The van der Waals surface area contributed by atoms with Crippen LogP contribution in [0.3, 0.4) is 0 Å². The predicted octanol–water partition coefficient (Wildman–Crippen LogP) is 3.57. The fourth-order valence-electron chi connectivity index (χ4n) is 2.36. The minimum absolute atomic E-state index is 0.683. The van der Waals surface area contributed by atoms with Crippen LogP contribution >= 0.6 is 0 Å². The number of hydrogen-bond acceptors (Lipinski definition) is 2. The van der Waals surface area contributed by atoms with E-state index < -0.39 is 0 Å². The maximum Gasteiger partial charge on any atom is 0.119 e. The molecule has 0 bridgehead atoms. The Morgan fingerprint density at radius 3 is 2.85 bits per heavy atom. The van der Waals surface area contributed by atoms with Crippen LogP contribution in [0.5, 0.6) is 5.75 Å². The van der Waals surface area contributed by atoms with Crippen LogP contribution in [-0.4, -0.2) is 11.7 Å². The first kappa shape index (κ1) is 12.3. The molecule has 0 saturated carbocycles. The Bertz CT molecular complexity index is 796. The van der Waals surface area contributed by atoms with Gasteiger partial charge in [-0.25, -0.2) is 0 Å². The van der Waals surface area contributed by atoms with Crippen LogP contribution < -0.4 is 4.74 Å². The molecular formula is C17H14N2O. The highest BCUT2D eigenvalue weighted by Gasteiger charge is 2.04. The molecule has 0 spiro atoms. The Morgan fingerprint density at radius 2 is 2.05 bits per heavy atom. The van der Waals surface area contributed by atoms with E-state index in [1.807, 2.05) is 42.6 Å². The van der Waals surface area contributed by atoms with Gasteiger partial charge in [-0.1, -0.05) is 18.2 Å². The Kier molecular flexibility index (Phi) is 3.14. The number of hydrogen-bond donors (Lipinski definition) is 0. The molecule has 1 heterocycles. The van der Waals surface area contributed by atoms with Gasteiger partial charge in [-0.3, -0.25) is 0 Å². The number of benzene rings is 2. The molecule has 20 heavy (non-hydrogen) atoms. The zero-order valence-corrected chi connectivity index (χ0v) is 11.2. The second kappa shape index (κ2) is 5.10. The number of nitrogens with zero attached hydrogens (tertiary/aromatic N) is 2. The maximum absolute atomic E-state index is 9.01. The molecule has 3 rings (SSSR count). The standard InChI is InChI=1S/C17H14N2O/c1-20-16-4-2-3-14(9-16)12-19-8-7-15-6-5-13(11-18)10-17(15)19/h2-10H,12H2,1H3. The van der Waals surface area contributed by atoms with E-state index in [0.717, 1.165) is 23.2 Å². The monoisotopic (exact) mass is 262 g/mol. The van der Waals surface area contributed by atoms with Gasteiger partial charge in [0.2, 0.25) is 0 Å². The summed E-state index contributed by atoms with van der Waals surface area (Å²) in [6.07, 6.45) is 2.05. The zero-order valence-electron chi connectivity index (χ0n) is 11.2. The van der Waals surface area contributed by atoms with E-state index in [1.54, 1.807) is 7.11 Å². The number of aromatic nitrogens is 1. The molecule has 3 aromatic rings. The minimum atomic E-state index is 0.683. The minimum Gasteiger partial charge on any atom is -0.497 e. The van der Waals surface area contributed by atoms with Crippen molar-refractivity contribution in [2.75, 3.05) is 7.11 Å². The number of nitriles is 1. The van der Waals surface area contributed by atoms with Crippen LogP contribution in [0.4, 0.5) is 0 Å². The fourth-order valence-corrected chi connectivity index (χ4v) is 2.36. The van der Waals surface area contributed by atoms with E-state index in [0.29, 0.717) is 5.56 Å². The summed E-state index contributed by atoms with van der Waals surface area (Å²) in [5.41, 5.74) is 2.93. The van der Waals surface area contributed by atoms with Crippen molar-refractivity contribution in [3.8, 4) is 11.8 Å². The smallest absolute Gasteiger partial charge is 0.119 e. The lowest BCUT2D eigenvalue weighted by Gasteiger charge is -2.07. The average Bonchev–Trinajstić information content (AvgIpc) is 2.89. The second-order valence-electron chi connectivity index (χ2n) is 4.68. The van der Waals surface area contributed by atoms with Gasteiger partial charge in [0.05, 0.1) is 18.7 Å². The molecule has 0 N–H and O–H groups in total. The van der Waals surface area contributed by atoms with E-state index in [-0.39, 0.29) is 0 Å². The summed E-state index contributed by atoms with van der Waals surface area (Å²) in [7, 11) is 1.67. The van der Waals surface area contributed by atoms with Gasteiger partial charge in [-0.05, 0) is 41.3 Å².